The van der Waals surface area contributed by atoms with Crippen LogP contribution in [-0.4, -0.2) is 32.0 Å². The fourth-order valence-electron chi connectivity index (χ4n) is 3.26. The number of aromatic nitrogens is 3. The summed E-state index contributed by atoms with van der Waals surface area (Å²) in [4.78, 5) is 21.5. The molecule has 2 aromatic heterocycles. The summed E-state index contributed by atoms with van der Waals surface area (Å²) in [5.74, 6) is -0.158. The molecule has 0 aliphatic carbocycles. The Bertz CT molecular complexity index is 1230. The number of aromatic hydroxyl groups is 1. The largest absolute Gasteiger partial charge is 0.494 e. The van der Waals surface area contributed by atoms with Gasteiger partial charge in [0.15, 0.2) is 0 Å². The highest BCUT2D eigenvalue weighted by atomic mass is 35.5. The van der Waals surface area contributed by atoms with Crippen LogP contribution in [0.2, 0.25) is 5.02 Å². The summed E-state index contributed by atoms with van der Waals surface area (Å²) >= 11 is 6.09. The minimum atomic E-state index is -0.308. The molecule has 0 atom stereocenters. The smallest absolute Gasteiger partial charge is 0.265 e. The van der Waals surface area contributed by atoms with Crippen LogP contribution < -0.4 is 5.56 Å². The normalized spacial score (nSPS) is 11.5. The van der Waals surface area contributed by atoms with Gasteiger partial charge in [-0.25, -0.2) is 9.55 Å². The number of rotatable bonds is 6. The number of pyridine rings is 1. The Labute approximate surface area is 172 Å². The Morgan fingerprint density at radius 2 is 1.97 bits per heavy atom. The second kappa shape index (κ2) is 8.32. The van der Waals surface area contributed by atoms with Gasteiger partial charge in [0.2, 0.25) is 5.88 Å². The molecule has 0 spiro atoms. The molecule has 29 heavy (non-hydrogen) atoms. The lowest BCUT2D eigenvalue weighted by molar-refractivity contribution is 0.436. The van der Waals surface area contributed by atoms with Gasteiger partial charge in [0.1, 0.15) is 0 Å². The van der Waals surface area contributed by atoms with E-state index in [1.54, 1.807) is 55.1 Å². The van der Waals surface area contributed by atoms with Gasteiger partial charge in [0, 0.05) is 47.5 Å². The van der Waals surface area contributed by atoms with E-state index in [1.807, 2.05) is 22.9 Å². The SMILES string of the molecule is O=c1c2ccccc2c(C=NCCCn2ccnc2)c(O)n1-c1cccc(Cl)c1. The maximum Gasteiger partial charge on any atom is 0.265 e. The molecule has 0 bridgehead atoms. The fourth-order valence-corrected chi connectivity index (χ4v) is 3.45. The van der Waals surface area contributed by atoms with Gasteiger partial charge in [-0.3, -0.25) is 9.79 Å². The first-order chi connectivity index (χ1) is 14.1. The van der Waals surface area contributed by atoms with Crippen LogP contribution in [0, 0.1) is 0 Å². The van der Waals surface area contributed by atoms with E-state index in [9.17, 15) is 9.90 Å². The van der Waals surface area contributed by atoms with Crippen LogP contribution in [0.3, 0.4) is 0 Å². The van der Waals surface area contributed by atoms with E-state index in [0.717, 1.165) is 13.0 Å². The number of nitrogens with zero attached hydrogens (tertiary/aromatic N) is 4. The van der Waals surface area contributed by atoms with Gasteiger partial charge in [0.05, 0.1) is 17.6 Å². The second-order valence-corrected chi connectivity index (χ2v) is 7.03. The minimum absolute atomic E-state index is 0.158. The van der Waals surface area contributed by atoms with E-state index in [0.29, 0.717) is 33.6 Å². The maximum absolute atomic E-state index is 13.0. The van der Waals surface area contributed by atoms with Crippen molar-refractivity contribution in [1.82, 2.24) is 14.1 Å². The van der Waals surface area contributed by atoms with Crippen LogP contribution in [0.1, 0.15) is 12.0 Å². The molecule has 4 aromatic rings. The van der Waals surface area contributed by atoms with Crippen LogP contribution in [-0.2, 0) is 6.54 Å². The zero-order chi connectivity index (χ0) is 20.2. The van der Waals surface area contributed by atoms with E-state index in [-0.39, 0.29) is 11.4 Å². The number of aryl methyl sites for hydroxylation is 1. The third kappa shape index (κ3) is 3.93. The van der Waals surface area contributed by atoms with Crippen molar-refractivity contribution in [1.29, 1.82) is 0 Å². The molecule has 0 saturated carbocycles. The van der Waals surface area contributed by atoms with Gasteiger partial charge < -0.3 is 9.67 Å². The lowest BCUT2D eigenvalue weighted by Gasteiger charge is -2.14. The Balaban J connectivity index is 1.72. The predicted molar refractivity (Wildman–Crippen MR) is 116 cm³/mol. The molecule has 1 N–H and O–H groups in total. The van der Waals surface area contributed by atoms with Crippen LogP contribution in [0.5, 0.6) is 5.88 Å². The first kappa shape index (κ1) is 19.0. The first-order valence-electron chi connectivity index (χ1n) is 9.23. The number of hydrogen-bond donors (Lipinski definition) is 1. The summed E-state index contributed by atoms with van der Waals surface area (Å²) in [6.45, 7) is 1.40. The topological polar surface area (TPSA) is 72.4 Å². The van der Waals surface area contributed by atoms with E-state index in [1.165, 1.54) is 4.57 Å². The van der Waals surface area contributed by atoms with Crippen molar-refractivity contribution in [2.45, 2.75) is 13.0 Å². The molecule has 0 saturated heterocycles. The first-order valence-corrected chi connectivity index (χ1v) is 9.61. The van der Waals surface area contributed by atoms with E-state index >= 15 is 0 Å². The Kier molecular flexibility index (Phi) is 5.44. The monoisotopic (exact) mass is 406 g/mol. The van der Waals surface area contributed by atoms with Crippen molar-refractivity contribution in [3.05, 3.63) is 88.2 Å². The summed E-state index contributed by atoms with van der Waals surface area (Å²) in [6.07, 6.45) is 7.88. The molecule has 0 aliphatic rings. The molecule has 2 aromatic carbocycles. The summed E-state index contributed by atoms with van der Waals surface area (Å²) < 4.78 is 3.25. The third-order valence-electron chi connectivity index (χ3n) is 4.65. The lowest BCUT2D eigenvalue weighted by Crippen LogP contribution is -2.20. The summed E-state index contributed by atoms with van der Waals surface area (Å²) in [7, 11) is 0. The highest BCUT2D eigenvalue weighted by Gasteiger charge is 2.16. The molecule has 0 aliphatic heterocycles. The van der Waals surface area contributed by atoms with Crippen LogP contribution in [0.4, 0.5) is 0 Å². The van der Waals surface area contributed by atoms with Crippen molar-refractivity contribution in [3.8, 4) is 11.6 Å². The molecule has 7 heteroatoms. The highest BCUT2D eigenvalue weighted by molar-refractivity contribution is 6.30. The van der Waals surface area contributed by atoms with E-state index in [2.05, 4.69) is 9.98 Å². The number of aliphatic imine (C=N–C) groups is 1. The zero-order valence-corrected chi connectivity index (χ0v) is 16.3. The Morgan fingerprint density at radius 3 is 2.72 bits per heavy atom. The molecule has 0 radical (unpaired) electrons. The predicted octanol–water partition coefficient (Wildman–Crippen LogP) is 4.06. The summed E-state index contributed by atoms with van der Waals surface area (Å²) in [5, 5.41) is 12.6. The molecule has 4 rings (SSSR count). The lowest BCUT2D eigenvalue weighted by atomic mass is 10.1. The van der Waals surface area contributed by atoms with Crippen LogP contribution >= 0.6 is 11.6 Å². The second-order valence-electron chi connectivity index (χ2n) is 6.59. The van der Waals surface area contributed by atoms with Gasteiger partial charge in [0.25, 0.3) is 5.56 Å². The molecule has 0 fully saturated rings. The average Bonchev–Trinajstić information content (AvgIpc) is 3.24. The Morgan fingerprint density at radius 1 is 1.14 bits per heavy atom. The van der Waals surface area contributed by atoms with Gasteiger partial charge in [-0.1, -0.05) is 35.9 Å². The summed E-state index contributed by atoms with van der Waals surface area (Å²) in [6, 6.07) is 14.0. The van der Waals surface area contributed by atoms with E-state index in [4.69, 9.17) is 11.6 Å². The number of hydrogen-bond acceptors (Lipinski definition) is 4. The standard InChI is InChI=1S/C22H19ClN4O2/c23-16-5-3-6-17(13-16)27-21(28)19-8-2-1-7-18(19)20(22(27)29)14-24-9-4-11-26-12-10-25-15-26/h1-3,5-8,10,12-15,29H,4,9,11H2. The minimum Gasteiger partial charge on any atom is -0.494 e. The van der Waals surface area contributed by atoms with E-state index < -0.39 is 0 Å². The number of imidazole rings is 1. The fraction of sp³-hybridized carbons (Fsp3) is 0.136. The molecule has 2 heterocycles. The molecule has 0 amide bonds. The van der Waals surface area contributed by atoms with Crippen molar-refractivity contribution in [2.75, 3.05) is 6.54 Å². The van der Waals surface area contributed by atoms with Crippen LogP contribution in [0.15, 0.2) is 77.0 Å². The number of fused-ring (bicyclic) bond motifs is 1. The quantitative estimate of drug-likeness (QED) is 0.387. The van der Waals surface area contributed by atoms with Gasteiger partial charge in [-0.2, -0.15) is 0 Å². The van der Waals surface area contributed by atoms with Gasteiger partial charge in [-0.15, -0.1) is 0 Å². The van der Waals surface area contributed by atoms with Crippen molar-refractivity contribution >= 4 is 28.6 Å². The molecular weight excluding hydrogens is 388 g/mol. The highest BCUT2D eigenvalue weighted by Crippen LogP contribution is 2.26. The maximum atomic E-state index is 13.0. The number of halogens is 1. The molecule has 6 nitrogen and oxygen atoms in total. The third-order valence-corrected chi connectivity index (χ3v) is 4.89. The van der Waals surface area contributed by atoms with Gasteiger partial charge in [-0.05, 0) is 30.7 Å². The molecule has 146 valence electrons. The average molecular weight is 407 g/mol. The molecule has 0 unspecified atom stereocenters. The van der Waals surface area contributed by atoms with Crippen LogP contribution in [0.25, 0.3) is 16.5 Å². The van der Waals surface area contributed by atoms with Gasteiger partial charge >= 0.3 is 0 Å². The van der Waals surface area contributed by atoms with Crippen molar-refractivity contribution < 1.29 is 5.11 Å². The Hall–Kier alpha value is -3.38. The zero-order valence-electron chi connectivity index (χ0n) is 15.6. The number of benzene rings is 2. The summed E-state index contributed by atoms with van der Waals surface area (Å²) in [5.41, 5.74) is 0.695. The molecular formula is C22H19ClN4O2. The van der Waals surface area contributed by atoms with Crippen molar-refractivity contribution in [2.24, 2.45) is 4.99 Å². The van der Waals surface area contributed by atoms with Crippen molar-refractivity contribution in [3.63, 3.8) is 0 Å².